The highest BCUT2D eigenvalue weighted by Crippen LogP contribution is 2.37. The highest BCUT2D eigenvalue weighted by atomic mass is 32.1. The molecule has 1 heterocycles. The average molecular weight is 252 g/mol. The van der Waals surface area contributed by atoms with E-state index in [0.717, 1.165) is 25.4 Å². The van der Waals surface area contributed by atoms with Crippen LogP contribution < -0.4 is 5.73 Å². The van der Waals surface area contributed by atoms with E-state index in [9.17, 15) is 0 Å². The standard InChI is InChI=1S/C14H24N2S/c1-12-5-7-14(10-12,11-15)16(2)8-6-13-4-3-9-17-13/h3-4,9,12H,5-8,10-11,15H2,1-2H3. The normalized spacial score (nSPS) is 29.1. The highest BCUT2D eigenvalue weighted by molar-refractivity contribution is 7.09. The monoisotopic (exact) mass is 252 g/mol. The Balaban J connectivity index is 1.91. The molecule has 3 heteroatoms. The molecule has 1 aliphatic rings. The van der Waals surface area contributed by atoms with Crippen LogP contribution in [0, 0.1) is 5.92 Å². The Kier molecular flexibility index (Phi) is 4.23. The summed E-state index contributed by atoms with van der Waals surface area (Å²) in [5.41, 5.74) is 6.32. The number of hydrogen-bond donors (Lipinski definition) is 1. The van der Waals surface area contributed by atoms with Crippen LogP contribution in [0.3, 0.4) is 0 Å². The summed E-state index contributed by atoms with van der Waals surface area (Å²) >= 11 is 1.86. The molecule has 17 heavy (non-hydrogen) atoms. The van der Waals surface area contributed by atoms with E-state index in [2.05, 4.69) is 36.4 Å². The van der Waals surface area contributed by atoms with Crippen LogP contribution in [-0.4, -0.2) is 30.6 Å². The zero-order chi connectivity index (χ0) is 12.3. The molecule has 0 aliphatic heterocycles. The van der Waals surface area contributed by atoms with Crippen LogP contribution in [0.5, 0.6) is 0 Å². The molecule has 96 valence electrons. The molecule has 1 fully saturated rings. The summed E-state index contributed by atoms with van der Waals surface area (Å²) < 4.78 is 0. The maximum atomic E-state index is 6.04. The lowest BCUT2D eigenvalue weighted by Crippen LogP contribution is -2.50. The molecule has 0 aromatic carbocycles. The Morgan fingerprint density at radius 3 is 2.94 bits per heavy atom. The third kappa shape index (κ3) is 2.90. The van der Waals surface area contributed by atoms with Crippen molar-refractivity contribution in [2.45, 2.75) is 38.1 Å². The predicted octanol–water partition coefficient (Wildman–Crippen LogP) is 2.74. The second-order valence-corrected chi connectivity index (χ2v) is 6.56. The van der Waals surface area contributed by atoms with Gasteiger partial charge in [-0.05, 0) is 50.1 Å². The van der Waals surface area contributed by atoms with E-state index in [4.69, 9.17) is 5.73 Å². The first-order chi connectivity index (χ1) is 8.16. The minimum absolute atomic E-state index is 0.274. The van der Waals surface area contributed by atoms with Gasteiger partial charge < -0.3 is 5.73 Å². The Morgan fingerprint density at radius 2 is 2.41 bits per heavy atom. The average Bonchev–Trinajstić information content (AvgIpc) is 2.95. The van der Waals surface area contributed by atoms with Gasteiger partial charge in [-0.1, -0.05) is 13.0 Å². The maximum absolute atomic E-state index is 6.04. The van der Waals surface area contributed by atoms with Crippen molar-refractivity contribution < 1.29 is 0 Å². The third-order valence-corrected chi connectivity index (χ3v) is 5.23. The molecule has 1 aliphatic carbocycles. The molecule has 2 unspecified atom stereocenters. The molecule has 0 spiro atoms. The van der Waals surface area contributed by atoms with Crippen molar-refractivity contribution in [3.8, 4) is 0 Å². The minimum Gasteiger partial charge on any atom is -0.329 e. The first-order valence-electron chi connectivity index (χ1n) is 6.60. The molecular weight excluding hydrogens is 228 g/mol. The van der Waals surface area contributed by atoms with Crippen LogP contribution in [0.2, 0.25) is 0 Å². The van der Waals surface area contributed by atoms with Gasteiger partial charge in [-0.15, -0.1) is 11.3 Å². The Morgan fingerprint density at radius 1 is 1.59 bits per heavy atom. The fraction of sp³-hybridized carbons (Fsp3) is 0.714. The van der Waals surface area contributed by atoms with Crippen LogP contribution in [-0.2, 0) is 6.42 Å². The topological polar surface area (TPSA) is 29.3 Å². The molecule has 1 saturated carbocycles. The molecule has 2 rings (SSSR count). The number of nitrogens with zero attached hydrogens (tertiary/aromatic N) is 1. The predicted molar refractivity (Wildman–Crippen MR) is 75.5 cm³/mol. The minimum atomic E-state index is 0.274. The largest absolute Gasteiger partial charge is 0.329 e. The van der Waals surface area contributed by atoms with E-state index in [-0.39, 0.29) is 5.54 Å². The summed E-state index contributed by atoms with van der Waals surface area (Å²) in [6, 6.07) is 4.36. The van der Waals surface area contributed by atoms with Crippen molar-refractivity contribution >= 4 is 11.3 Å². The van der Waals surface area contributed by atoms with E-state index >= 15 is 0 Å². The van der Waals surface area contributed by atoms with Crippen LogP contribution in [0.1, 0.15) is 31.1 Å². The van der Waals surface area contributed by atoms with Gasteiger partial charge in [0, 0.05) is 23.5 Å². The number of rotatable bonds is 5. The Labute approximate surface area is 109 Å². The maximum Gasteiger partial charge on any atom is 0.0331 e. The van der Waals surface area contributed by atoms with Crippen LogP contribution >= 0.6 is 11.3 Å². The lowest BCUT2D eigenvalue weighted by molar-refractivity contribution is 0.130. The van der Waals surface area contributed by atoms with E-state index in [1.807, 2.05) is 11.3 Å². The van der Waals surface area contributed by atoms with E-state index in [1.165, 1.54) is 24.1 Å². The summed E-state index contributed by atoms with van der Waals surface area (Å²) in [5, 5.41) is 2.16. The first kappa shape index (κ1) is 13.1. The summed E-state index contributed by atoms with van der Waals surface area (Å²) in [5.74, 6) is 0.836. The smallest absolute Gasteiger partial charge is 0.0331 e. The SMILES string of the molecule is CC1CCC(CN)(N(C)CCc2cccs2)C1. The fourth-order valence-electron chi connectivity index (χ4n) is 3.03. The summed E-state index contributed by atoms with van der Waals surface area (Å²) in [6.07, 6.45) is 5.03. The molecule has 2 nitrogen and oxygen atoms in total. The van der Waals surface area contributed by atoms with E-state index < -0.39 is 0 Å². The number of hydrogen-bond acceptors (Lipinski definition) is 3. The van der Waals surface area contributed by atoms with Gasteiger partial charge in [-0.25, -0.2) is 0 Å². The third-order valence-electron chi connectivity index (χ3n) is 4.29. The van der Waals surface area contributed by atoms with Crippen molar-refractivity contribution in [1.82, 2.24) is 4.90 Å². The van der Waals surface area contributed by atoms with Crippen LogP contribution in [0.25, 0.3) is 0 Å². The van der Waals surface area contributed by atoms with Crippen molar-refractivity contribution in [1.29, 1.82) is 0 Å². The summed E-state index contributed by atoms with van der Waals surface area (Å²) in [4.78, 5) is 3.99. The van der Waals surface area contributed by atoms with Crippen molar-refractivity contribution in [2.75, 3.05) is 20.1 Å². The summed E-state index contributed by atoms with van der Waals surface area (Å²) in [7, 11) is 2.25. The van der Waals surface area contributed by atoms with Gasteiger partial charge in [0.25, 0.3) is 0 Å². The van der Waals surface area contributed by atoms with Crippen LogP contribution in [0.4, 0.5) is 0 Å². The summed E-state index contributed by atoms with van der Waals surface area (Å²) in [6.45, 7) is 4.28. The zero-order valence-corrected chi connectivity index (χ0v) is 11.8. The van der Waals surface area contributed by atoms with Gasteiger partial charge in [-0.2, -0.15) is 0 Å². The molecule has 1 aromatic rings. The van der Waals surface area contributed by atoms with Crippen LogP contribution in [0.15, 0.2) is 17.5 Å². The van der Waals surface area contributed by atoms with E-state index in [1.54, 1.807) is 0 Å². The molecule has 0 radical (unpaired) electrons. The van der Waals surface area contributed by atoms with Gasteiger partial charge in [0.15, 0.2) is 0 Å². The van der Waals surface area contributed by atoms with Gasteiger partial charge in [0.1, 0.15) is 0 Å². The highest BCUT2D eigenvalue weighted by Gasteiger charge is 2.39. The lowest BCUT2D eigenvalue weighted by Gasteiger charge is -2.38. The molecule has 2 atom stereocenters. The van der Waals surface area contributed by atoms with Gasteiger partial charge in [0.05, 0.1) is 0 Å². The molecule has 0 saturated heterocycles. The second kappa shape index (κ2) is 5.51. The number of likely N-dealkylation sites (N-methyl/N-ethyl adjacent to an activating group) is 1. The number of nitrogens with two attached hydrogens (primary N) is 1. The zero-order valence-electron chi connectivity index (χ0n) is 11.0. The molecule has 0 amide bonds. The van der Waals surface area contributed by atoms with Crippen molar-refractivity contribution in [3.63, 3.8) is 0 Å². The van der Waals surface area contributed by atoms with Crippen molar-refractivity contribution in [2.24, 2.45) is 11.7 Å². The van der Waals surface area contributed by atoms with Gasteiger partial charge in [-0.3, -0.25) is 4.90 Å². The number of thiophene rings is 1. The quantitative estimate of drug-likeness (QED) is 0.873. The Hall–Kier alpha value is -0.380. The lowest BCUT2D eigenvalue weighted by atomic mass is 9.94. The van der Waals surface area contributed by atoms with Crippen molar-refractivity contribution in [3.05, 3.63) is 22.4 Å². The molecular formula is C14H24N2S. The van der Waals surface area contributed by atoms with Gasteiger partial charge >= 0.3 is 0 Å². The molecule has 1 aromatic heterocycles. The second-order valence-electron chi connectivity index (χ2n) is 5.53. The Bertz CT molecular complexity index is 336. The fourth-order valence-corrected chi connectivity index (χ4v) is 3.72. The van der Waals surface area contributed by atoms with E-state index in [0.29, 0.717) is 0 Å². The van der Waals surface area contributed by atoms with Gasteiger partial charge in [0.2, 0.25) is 0 Å². The molecule has 2 N–H and O–H groups in total. The first-order valence-corrected chi connectivity index (χ1v) is 7.48. The molecule has 0 bridgehead atoms.